The van der Waals surface area contributed by atoms with Crippen LogP contribution in [0.5, 0.6) is 0 Å². The van der Waals surface area contributed by atoms with E-state index < -0.39 is 9.85 Å². The fourth-order valence-electron chi connectivity index (χ4n) is 2.93. The van der Waals surface area contributed by atoms with Crippen LogP contribution >= 0.6 is 0 Å². The average molecular weight is 424 g/mol. The number of nitro benzene ring substituents is 2. The van der Waals surface area contributed by atoms with E-state index in [4.69, 9.17) is 4.74 Å². The normalized spacial score (nSPS) is 11.9. The smallest absolute Gasteiger partial charge is 0.269 e. The van der Waals surface area contributed by atoms with E-state index in [-0.39, 0.29) is 11.4 Å². The Labute approximate surface area is 182 Å². The van der Waals surface area contributed by atoms with E-state index in [9.17, 15) is 20.2 Å². The first kappa shape index (κ1) is 23.8. The number of hydrogen-bond donors (Lipinski definition) is 0. The maximum absolute atomic E-state index is 10.9. The Balaban J connectivity index is 2.29. The van der Waals surface area contributed by atoms with Crippen LogP contribution in [-0.2, 0) is 4.74 Å². The minimum Gasteiger partial charge on any atom is -0.466 e. The fourth-order valence-corrected chi connectivity index (χ4v) is 2.93. The quantitative estimate of drug-likeness (QED) is 0.203. The van der Waals surface area contributed by atoms with Crippen molar-refractivity contribution >= 4 is 23.5 Å². The molecule has 0 spiro atoms. The van der Waals surface area contributed by atoms with Gasteiger partial charge in [0, 0.05) is 37.1 Å². The first-order valence-electron chi connectivity index (χ1n) is 10.5. The van der Waals surface area contributed by atoms with Crippen molar-refractivity contribution in [2.45, 2.75) is 52.4 Å². The lowest BCUT2D eigenvalue weighted by Crippen LogP contribution is -1.96. The second-order valence-corrected chi connectivity index (χ2v) is 7.23. The van der Waals surface area contributed by atoms with Crippen molar-refractivity contribution in [1.29, 1.82) is 0 Å². The molecule has 0 saturated heterocycles. The van der Waals surface area contributed by atoms with Crippen molar-refractivity contribution in [2.24, 2.45) is 0 Å². The predicted molar refractivity (Wildman–Crippen MR) is 122 cm³/mol. The lowest BCUT2D eigenvalue weighted by molar-refractivity contribution is -0.385. The summed E-state index contributed by atoms with van der Waals surface area (Å²) >= 11 is 0. The molecule has 0 amide bonds. The molecule has 0 N–H and O–H groups in total. The molecule has 2 aromatic carbocycles. The Hall–Kier alpha value is -3.48. The number of hydrogen-bond acceptors (Lipinski definition) is 5. The summed E-state index contributed by atoms with van der Waals surface area (Å²) < 4.78 is 6.27. The van der Waals surface area contributed by atoms with Gasteiger partial charge in [0.25, 0.3) is 11.4 Å². The van der Waals surface area contributed by atoms with Crippen molar-refractivity contribution in [3.05, 3.63) is 91.4 Å². The highest BCUT2D eigenvalue weighted by molar-refractivity contribution is 5.56. The van der Waals surface area contributed by atoms with E-state index in [2.05, 4.69) is 13.8 Å². The van der Waals surface area contributed by atoms with Crippen molar-refractivity contribution < 1.29 is 14.6 Å². The topological polar surface area (TPSA) is 95.5 Å². The number of allylic oxidation sites excluding steroid dienone is 2. The Morgan fingerprint density at radius 1 is 0.742 bits per heavy atom. The molecule has 0 saturated carbocycles. The molecule has 0 atom stereocenters. The molecule has 0 aliphatic rings. The molecule has 0 heterocycles. The van der Waals surface area contributed by atoms with Gasteiger partial charge in [0.2, 0.25) is 0 Å². The van der Waals surface area contributed by atoms with Gasteiger partial charge in [-0.05, 0) is 60.4 Å². The molecule has 31 heavy (non-hydrogen) atoms. The highest BCUT2D eigenvalue weighted by Crippen LogP contribution is 2.24. The predicted octanol–water partition coefficient (Wildman–Crippen LogP) is 7.28. The van der Waals surface area contributed by atoms with Crippen molar-refractivity contribution in [3.63, 3.8) is 0 Å². The number of non-ortho nitro benzene ring substituents is 2. The molecular weight excluding hydrogens is 396 g/mol. The van der Waals surface area contributed by atoms with Crippen molar-refractivity contribution in [3.8, 4) is 0 Å². The van der Waals surface area contributed by atoms with Crippen LogP contribution in [0.15, 0.2) is 60.0 Å². The van der Waals surface area contributed by atoms with Crippen LogP contribution in [-0.4, -0.2) is 9.85 Å². The molecule has 0 bridgehead atoms. The number of ether oxygens (including phenoxy) is 1. The van der Waals surface area contributed by atoms with Gasteiger partial charge in [0.1, 0.15) is 11.5 Å². The third-order valence-electron chi connectivity index (χ3n) is 4.68. The van der Waals surface area contributed by atoms with Gasteiger partial charge in [0.05, 0.1) is 9.85 Å². The van der Waals surface area contributed by atoms with E-state index in [0.717, 1.165) is 61.2 Å². The van der Waals surface area contributed by atoms with Gasteiger partial charge in [0.15, 0.2) is 0 Å². The maximum atomic E-state index is 10.9. The monoisotopic (exact) mass is 424 g/mol. The Morgan fingerprint density at radius 2 is 1.10 bits per heavy atom. The van der Waals surface area contributed by atoms with Gasteiger partial charge in [-0.3, -0.25) is 20.2 Å². The Morgan fingerprint density at radius 3 is 1.39 bits per heavy atom. The molecule has 7 heteroatoms. The van der Waals surface area contributed by atoms with Gasteiger partial charge in [-0.25, -0.2) is 0 Å². The Kier molecular flexibility index (Phi) is 9.42. The van der Waals surface area contributed by atoms with Crippen LogP contribution in [0, 0.1) is 20.2 Å². The molecule has 0 aromatic heterocycles. The second kappa shape index (κ2) is 12.3. The van der Waals surface area contributed by atoms with Gasteiger partial charge in [-0.15, -0.1) is 0 Å². The molecule has 0 aliphatic heterocycles. The second-order valence-electron chi connectivity index (χ2n) is 7.23. The average Bonchev–Trinajstić information content (AvgIpc) is 2.76. The summed E-state index contributed by atoms with van der Waals surface area (Å²) in [6.07, 6.45) is 9.25. The number of nitrogens with zero attached hydrogens (tertiary/aromatic N) is 2. The summed E-state index contributed by atoms with van der Waals surface area (Å²) in [4.78, 5) is 20.9. The van der Waals surface area contributed by atoms with Crippen LogP contribution in [0.25, 0.3) is 12.2 Å². The zero-order valence-electron chi connectivity index (χ0n) is 18.0. The Bertz CT molecular complexity index is 854. The number of nitro groups is 2. The van der Waals surface area contributed by atoms with E-state index in [0.29, 0.717) is 0 Å². The minimum absolute atomic E-state index is 0.0508. The van der Waals surface area contributed by atoms with E-state index >= 15 is 0 Å². The number of rotatable bonds is 12. The summed E-state index contributed by atoms with van der Waals surface area (Å²) in [5.74, 6) is 1.58. The summed E-state index contributed by atoms with van der Waals surface area (Å²) in [6, 6.07) is 12.8. The van der Waals surface area contributed by atoms with Gasteiger partial charge in [-0.2, -0.15) is 0 Å². The summed E-state index contributed by atoms with van der Waals surface area (Å²) in [5, 5.41) is 21.7. The summed E-state index contributed by atoms with van der Waals surface area (Å²) in [7, 11) is 0. The SMILES string of the molecule is CCCCC(=Cc1ccc([N+](=O)[O-])cc1)OC(=Cc1ccc([N+](=O)[O-])cc1)CCCC. The largest absolute Gasteiger partial charge is 0.466 e. The standard InChI is InChI=1S/C24H28N2O5/c1-3-5-7-23(17-19-9-13-21(14-10-19)25(27)28)31-24(8-6-4-2)18-20-11-15-22(16-12-20)26(29)30/h9-18H,3-8H2,1-2H3. The van der Waals surface area contributed by atoms with Gasteiger partial charge >= 0.3 is 0 Å². The van der Waals surface area contributed by atoms with Crippen LogP contribution in [0.2, 0.25) is 0 Å². The zero-order chi connectivity index (χ0) is 22.6. The van der Waals surface area contributed by atoms with Gasteiger partial charge < -0.3 is 4.74 Å². The molecular formula is C24H28N2O5. The van der Waals surface area contributed by atoms with Crippen LogP contribution in [0.3, 0.4) is 0 Å². The molecule has 0 aliphatic carbocycles. The van der Waals surface area contributed by atoms with Crippen LogP contribution in [0.1, 0.15) is 63.5 Å². The van der Waals surface area contributed by atoms with Crippen LogP contribution < -0.4 is 0 Å². The van der Waals surface area contributed by atoms with E-state index in [1.165, 1.54) is 24.3 Å². The van der Waals surface area contributed by atoms with Crippen LogP contribution in [0.4, 0.5) is 11.4 Å². The minimum atomic E-state index is -0.419. The molecule has 0 unspecified atom stereocenters. The fraction of sp³-hybridized carbons (Fsp3) is 0.333. The van der Waals surface area contributed by atoms with Crippen molar-refractivity contribution in [1.82, 2.24) is 0 Å². The highest BCUT2D eigenvalue weighted by Gasteiger charge is 2.09. The molecule has 7 nitrogen and oxygen atoms in total. The molecule has 164 valence electrons. The first-order valence-corrected chi connectivity index (χ1v) is 10.5. The summed E-state index contributed by atoms with van der Waals surface area (Å²) in [5.41, 5.74) is 1.77. The maximum Gasteiger partial charge on any atom is 0.269 e. The first-order chi connectivity index (χ1) is 14.9. The van der Waals surface area contributed by atoms with Gasteiger partial charge in [-0.1, -0.05) is 26.7 Å². The molecule has 0 radical (unpaired) electrons. The van der Waals surface area contributed by atoms with E-state index in [1.807, 2.05) is 12.2 Å². The molecule has 2 rings (SSSR count). The van der Waals surface area contributed by atoms with E-state index in [1.54, 1.807) is 24.3 Å². The summed E-state index contributed by atoms with van der Waals surface area (Å²) in [6.45, 7) is 4.21. The number of unbranched alkanes of at least 4 members (excludes halogenated alkanes) is 2. The van der Waals surface area contributed by atoms with Crippen molar-refractivity contribution in [2.75, 3.05) is 0 Å². The zero-order valence-corrected chi connectivity index (χ0v) is 18.0. The highest BCUT2D eigenvalue weighted by atomic mass is 16.6. The lowest BCUT2D eigenvalue weighted by atomic mass is 10.1. The number of benzene rings is 2. The lowest BCUT2D eigenvalue weighted by Gasteiger charge is -2.14. The third-order valence-corrected chi connectivity index (χ3v) is 4.68. The molecule has 2 aromatic rings. The third kappa shape index (κ3) is 8.04. The molecule has 0 fully saturated rings.